The van der Waals surface area contributed by atoms with Gasteiger partial charge in [-0.2, -0.15) is 0 Å². The lowest BCUT2D eigenvalue weighted by Crippen LogP contribution is -2.08. The van der Waals surface area contributed by atoms with Gasteiger partial charge in [-0.05, 0) is 12.1 Å². The van der Waals surface area contributed by atoms with Crippen molar-refractivity contribution in [3.63, 3.8) is 0 Å². The lowest BCUT2D eigenvalue weighted by atomic mass is 10.1. The molecule has 0 aliphatic heterocycles. The van der Waals surface area contributed by atoms with Gasteiger partial charge in [-0.25, -0.2) is 0 Å². The van der Waals surface area contributed by atoms with Crippen LogP contribution in [-0.2, 0) is 9.53 Å². The molecule has 0 heterocycles. The lowest BCUT2D eigenvalue weighted by molar-refractivity contribution is -0.142. The highest BCUT2D eigenvalue weighted by atomic mass is 16.5. The van der Waals surface area contributed by atoms with Gasteiger partial charge in [-0.3, -0.25) is 4.79 Å². The SMILES string of the molecule is COC(=O)CC(O)c1ccc(O)cc1O. The largest absolute Gasteiger partial charge is 0.508 e. The summed E-state index contributed by atoms with van der Waals surface area (Å²) in [6.07, 6.45) is -1.38. The first-order valence-electron chi connectivity index (χ1n) is 4.31. The van der Waals surface area contributed by atoms with Crippen molar-refractivity contribution in [3.8, 4) is 11.5 Å². The average Bonchev–Trinajstić information content (AvgIpc) is 2.17. The van der Waals surface area contributed by atoms with Crippen LogP contribution in [0.4, 0.5) is 0 Å². The molecule has 82 valence electrons. The summed E-state index contributed by atoms with van der Waals surface area (Å²) in [5.74, 6) is -0.942. The fourth-order valence-electron chi connectivity index (χ4n) is 1.17. The first-order valence-corrected chi connectivity index (χ1v) is 4.31. The third-order valence-electron chi connectivity index (χ3n) is 1.96. The number of aliphatic hydroxyl groups excluding tert-OH is 1. The van der Waals surface area contributed by atoms with Crippen LogP contribution in [-0.4, -0.2) is 28.4 Å². The standard InChI is InChI=1S/C10H12O5/c1-15-10(14)5-9(13)7-3-2-6(11)4-8(7)12/h2-4,9,11-13H,5H2,1H3. The van der Waals surface area contributed by atoms with Gasteiger partial charge in [0.25, 0.3) is 0 Å². The molecule has 0 aromatic heterocycles. The van der Waals surface area contributed by atoms with E-state index < -0.39 is 12.1 Å². The third kappa shape index (κ3) is 2.85. The van der Waals surface area contributed by atoms with Gasteiger partial charge in [0.15, 0.2) is 0 Å². The van der Waals surface area contributed by atoms with E-state index >= 15 is 0 Å². The van der Waals surface area contributed by atoms with Crippen molar-refractivity contribution in [3.05, 3.63) is 23.8 Å². The number of rotatable bonds is 3. The molecule has 5 heteroatoms. The number of carbonyl (C=O) groups is 1. The van der Waals surface area contributed by atoms with Crippen molar-refractivity contribution in [2.45, 2.75) is 12.5 Å². The monoisotopic (exact) mass is 212 g/mol. The minimum atomic E-state index is -1.14. The highest BCUT2D eigenvalue weighted by molar-refractivity contribution is 5.70. The van der Waals surface area contributed by atoms with Crippen LogP contribution in [0, 0.1) is 0 Å². The molecule has 0 fully saturated rings. The molecule has 0 radical (unpaired) electrons. The van der Waals surface area contributed by atoms with Crippen molar-refractivity contribution in [1.29, 1.82) is 0 Å². The summed E-state index contributed by atoms with van der Waals surface area (Å²) < 4.78 is 4.38. The number of carbonyl (C=O) groups excluding carboxylic acids is 1. The van der Waals surface area contributed by atoms with E-state index in [1.165, 1.54) is 19.2 Å². The fourth-order valence-corrected chi connectivity index (χ4v) is 1.17. The number of hydrogen-bond acceptors (Lipinski definition) is 5. The first kappa shape index (κ1) is 11.3. The normalized spacial score (nSPS) is 12.1. The summed E-state index contributed by atoms with van der Waals surface area (Å²) in [6, 6.07) is 3.75. The molecule has 0 bridgehead atoms. The highest BCUT2D eigenvalue weighted by Crippen LogP contribution is 2.29. The lowest BCUT2D eigenvalue weighted by Gasteiger charge is -2.11. The second kappa shape index (κ2) is 4.65. The van der Waals surface area contributed by atoms with Gasteiger partial charge in [-0.15, -0.1) is 0 Å². The molecule has 0 spiro atoms. The van der Waals surface area contributed by atoms with E-state index in [1.54, 1.807) is 0 Å². The number of methoxy groups -OCH3 is 1. The summed E-state index contributed by atoms with van der Waals surface area (Å²) in [5.41, 5.74) is 0.179. The van der Waals surface area contributed by atoms with Crippen LogP contribution < -0.4 is 0 Å². The van der Waals surface area contributed by atoms with Crippen LogP contribution in [0.3, 0.4) is 0 Å². The summed E-state index contributed by atoms with van der Waals surface area (Å²) in [5, 5.41) is 27.9. The second-order valence-corrected chi connectivity index (χ2v) is 3.04. The number of esters is 1. The van der Waals surface area contributed by atoms with Gasteiger partial charge >= 0.3 is 5.97 Å². The van der Waals surface area contributed by atoms with Crippen LogP contribution in [0.1, 0.15) is 18.1 Å². The van der Waals surface area contributed by atoms with E-state index in [4.69, 9.17) is 5.11 Å². The Morgan fingerprint density at radius 2 is 2.13 bits per heavy atom. The maximum Gasteiger partial charge on any atom is 0.308 e. The second-order valence-electron chi connectivity index (χ2n) is 3.04. The van der Waals surface area contributed by atoms with Crippen molar-refractivity contribution >= 4 is 5.97 Å². The molecule has 1 unspecified atom stereocenters. The van der Waals surface area contributed by atoms with Crippen LogP contribution in [0.5, 0.6) is 11.5 Å². The molecule has 1 aromatic carbocycles. The van der Waals surface area contributed by atoms with Gasteiger partial charge in [0, 0.05) is 11.6 Å². The molecular formula is C10H12O5. The summed E-state index contributed by atoms with van der Waals surface area (Å²) >= 11 is 0. The number of aromatic hydroxyl groups is 2. The molecule has 3 N–H and O–H groups in total. The van der Waals surface area contributed by atoms with E-state index in [-0.39, 0.29) is 23.5 Å². The molecule has 1 rings (SSSR count). The highest BCUT2D eigenvalue weighted by Gasteiger charge is 2.16. The number of hydrogen-bond donors (Lipinski definition) is 3. The summed E-state index contributed by atoms with van der Waals surface area (Å²) in [7, 11) is 1.21. The van der Waals surface area contributed by atoms with Crippen LogP contribution in [0.15, 0.2) is 18.2 Å². The predicted octanol–water partition coefficient (Wildman–Crippen LogP) is 0.694. The quantitative estimate of drug-likeness (QED) is 0.642. The van der Waals surface area contributed by atoms with Crippen molar-refractivity contribution in [2.24, 2.45) is 0 Å². The molecule has 5 nitrogen and oxygen atoms in total. The van der Waals surface area contributed by atoms with Crippen molar-refractivity contribution in [2.75, 3.05) is 7.11 Å². The molecular weight excluding hydrogens is 200 g/mol. The van der Waals surface area contributed by atoms with Crippen molar-refractivity contribution < 1.29 is 24.9 Å². The molecule has 0 aliphatic carbocycles. The third-order valence-corrected chi connectivity index (χ3v) is 1.96. The molecule has 0 amide bonds. The van der Waals surface area contributed by atoms with Gasteiger partial charge in [-0.1, -0.05) is 0 Å². The van der Waals surface area contributed by atoms with Gasteiger partial charge in [0.1, 0.15) is 11.5 Å². The Labute approximate surface area is 86.5 Å². The Bertz CT molecular complexity index is 361. The Hall–Kier alpha value is -1.75. The average molecular weight is 212 g/mol. The minimum Gasteiger partial charge on any atom is -0.508 e. The zero-order valence-electron chi connectivity index (χ0n) is 8.17. The molecule has 0 aliphatic rings. The Kier molecular flexibility index (Phi) is 3.51. The maximum absolute atomic E-state index is 10.9. The number of phenolic OH excluding ortho intramolecular Hbond substituents is 2. The zero-order chi connectivity index (χ0) is 11.4. The van der Waals surface area contributed by atoms with E-state index in [9.17, 15) is 15.0 Å². The minimum absolute atomic E-state index is 0.110. The maximum atomic E-state index is 10.9. The van der Waals surface area contributed by atoms with E-state index in [2.05, 4.69) is 4.74 Å². The van der Waals surface area contributed by atoms with E-state index in [0.29, 0.717) is 0 Å². The topological polar surface area (TPSA) is 87.0 Å². The van der Waals surface area contributed by atoms with Crippen LogP contribution in [0.25, 0.3) is 0 Å². The van der Waals surface area contributed by atoms with Gasteiger partial charge < -0.3 is 20.1 Å². The number of aliphatic hydroxyl groups is 1. The van der Waals surface area contributed by atoms with E-state index in [1.807, 2.05) is 0 Å². The Morgan fingerprint density at radius 3 is 2.67 bits per heavy atom. The van der Waals surface area contributed by atoms with Gasteiger partial charge in [0.2, 0.25) is 0 Å². The summed E-state index contributed by atoms with van der Waals surface area (Å²) in [6.45, 7) is 0. The first-order chi connectivity index (χ1) is 7.04. The fraction of sp³-hybridized carbons (Fsp3) is 0.300. The number of ether oxygens (including phenoxy) is 1. The Morgan fingerprint density at radius 1 is 1.47 bits per heavy atom. The van der Waals surface area contributed by atoms with Crippen molar-refractivity contribution in [1.82, 2.24) is 0 Å². The zero-order valence-corrected chi connectivity index (χ0v) is 8.17. The number of benzene rings is 1. The van der Waals surface area contributed by atoms with E-state index in [0.717, 1.165) is 6.07 Å². The molecule has 1 atom stereocenters. The molecule has 0 saturated carbocycles. The predicted molar refractivity (Wildman–Crippen MR) is 51.4 cm³/mol. The smallest absolute Gasteiger partial charge is 0.308 e. The Balaban J connectivity index is 2.82. The van der Waals surface area contributed by atoms with Crippen LogP contribution >= 0.6 is 0 Å². The van der Waals surface area contributed by atoms with Crippen LogP contribution in [0.2, 0.25) is 0 Å². The number of phenols is 2. The molecule has 0 saturated heterocycles. The molecule has 1 aromatic rings. The molecule has 15 heavy (non-hydrogen) atoms. The van der Waals surface area contributed by atoms with Gasteiger partial charge in [0.05, 0.1) is 19.6 Å². The summed E-state index contributed by atoms with van der Waals surface area (Å²) in [4.78, 5) is 10.9.